The predicted octanol–water partition coefficient (Wildman–Crippen LogP) is 1.13. The SMILES string of the molecule is CNC(=O)[C@H]1[C@H]2C(=O)N([C@@H](CO)Cc3ccccc3)[C@H](C(=O)NC(C)C)[C@H]2C=C[C@H]1C. The number of rotatable bonds is 7. The fraction of sp³-hybridized carbons (Fsp3) is 0.542. The Kier molecular flexibility index (Phi) is 7.15. The predicted molar refractivity (Wildman–Crippen MR) is 118 cm³/mol. The molecular formula is C24H33N3O4. The summed E-state index contributed by atoms with van der Waals surface area (Å²) in [6.45, 7) is 5.39. The van der Waals surface area contributed by atoms with Crippen LogP contribution in [0.2, 0.25) is 0 Å². The van der Waals surface area contributed by atoms with Crippen molar-refractivity contribution in [3.63, 3.8) is 0 Å². The Morgan fingerprint density at radius 2 is 1.81 bits per heavy atom. The molecule has 7 heteroatoms. The van der Waals surface area contributed by atoms with Gasteiger partial charge in [-0.3, -0.25) is 14.4 Å². The number of aliphatic hydroxyl groups excluding tert-OH is 1. The van der Waals surface area contributed by atoms with Crippen LogP contribution in [0.4, 0.5) is 0 Å². The zero-order chi connectivity index (χ0) is 22.7. The number of amides is 3. The van der Waals surface area contributed by atoms with Crippen molar-refractivity contribution in [1.82, 2.24) is 15.5 Å². The first-order valence-corrected chi connectivity index (χ1v) is 11.0. The Morgan fingerprint density at radius 3 is 2.39 bits per heavy atom. The van der Waals surface area contributed by atoms with E-state index in [0.717, 1.165) is 5.56 Å². The van der Waals surface area contributed by atoms with E-state index in [1.54, 1.807) is 11.9 Å². The van der Waals surface area contributed by atoms with Gasteiger partial charge in [0.1, 0.15) is 6.04 Å². The van der Waals surface area contributed by atoms with E-state index in [1.807, 2.05) is 63.3 Å². The van der Waals surface area contributed by atoms with Crippen molar-refractivity contribution in [3.8, 4) is 0 Å². The van der Waals surface area contributed by atoms with Crippen LogP contribution in [0, 0.1) is 23.7 Å². The van der Waals surface area contributed by atoms with Crippen molar-refractivity contribution in [1.29, 1.82) is 0 Å². The van der Waals surface area contributed by atoms with E-state index >= 15 is 0 Å². The summed E-state index contributed by atoms with van der Waals surface area (Å²) in [5.41, 5.74) is 0.971. The number of nitrogens with zero attached hydrogens (tertiary/aromatic N) is 1. The molecule has 0 unspecified atom stereocenters. The molecule has 1 heterocycles. The molecule has 3 rings (SSSR count). The van der Waals surface area contributed by atoms with Gasteiger partial charge >= 0.3 is 0 Å². The van der Waals surface area contributed by atoms with E-state index in [1.165, 1.54) is 0 Å². The first kappa shape index (κ1) is 23.0. The third-order valence-electron chi connectivity index (χ3n) is 6.38. The Bertz CT molecular complexity index is 838. The number of carbonyl (C=O) groups is 3. The van der Waals surface area contributed by atoms with Crippen LogP contribution in [-0.2, 0) is 20.8 Å². The van der Waals surface area contributed by atoms with Crippen molar-refractivity contribution in [3.05, 3.63) is 48.0 Å². The average molecular weight is 428 g/mol. The zero-order valence-electron chi connectivity index (χ0n) is 18.6. The lowest BCUT2D eigenvalue weighted by Crippen LogP contribution is -2.54. The molecule has 1 aromatic rings. The molecule has 1 fully saturated rings. The van der Waals surface area contributed by atoms with Gasteiger partial charge in [-0.05, 0) is 31.7 Å². The average Bonchev–Trinajstić information content (AvgIpc) is 3.04. The van der Waals surface area contributed by atoms with Crippen LogP contribution in [0.3, 0.4) is 0 Å². The molecule has 31 heavy (non-hydrogen) atoms. The normalized spacial score (nSPS) is 28.4. The molecule has 7 nitrogen and oxygen atoms in total. The zero-order valence-corrected chi connectivity index (χ0v) is 18.6. The quantitative estimate of drug-likeness (QED) is 0.568. The van der Waals surface area contributed by atoms with Crippen LogP contribution in [0.5, 0.6) is 0 Å². The van der Waals surface area contributed by atoms with Crippen molar-refractivity contribution < 1.29 is 19.5 Å². The largest absolute Gasteiger partial charge is 0.394 e. The number of hydrogen-bond donors (Lipinski definition) is 3. The van der Waals surface area contributed by atoms with Crippen LogP contribution < -0.4 is 10.6 Å². The highest BCUT2D eigenvalue weighted by atomic mass is 16.3. The summed E-state index contributed by atoms with van der Waals surface area (Å²) in [6, 6.07) is 8.19. The second kappa shape index (κ2) is 9.64. The number of nitrogens with one attached hydrogen (secondary N) is 2. The van der Waals surface area contributed by atoms with E-state index in [2.05, 4.69) is 10.6 Å². The molecule has 6 atom stereocenters. The molecule has 0 radical (unpaired) electrons. The lowest BCUT2D eigenvalue weighted by atomic mass is 9.70. The first-order valence-electron chi connectivity index (χ1n) is 11.0. The summed E-state index contributed by atoms with van der Waals surface area (Å²) < 4.78 is 0. The Hall–Kier alpha value is -2.67. The molecule has 0 bridgehead atoms. The van der Waals surface area contributed by atoms with E-state index in [4.69, 9.17) is 0 Å². The summed E-state index contributed by atoms with van der Waals surface area (Å²) in [4.78, 5) is 41.2. The van der Waals surface area contributed by atoms with Gasteiger partial charge < -0.3 is 20.6 Å². The maximum Gasteiger partial charge on any atom is 0.243 e. The molecule has 1 saturated heterocycles. The van der Waals surface area contributed by atoms with Gasteiger partial charge in [0.05, 0.1) is 24.5 Å². The van der Waals surface area contributed by atoms with Crippen LogP contribution in [0.15, 0.2) is 42.5 Å². The van der Waals surface area contributed by atoms with E-state index in [-0.39, 0.29) is 36.3 Å². The Balaban J connectivity index is 2.02. The van der Waals surface area contributed by atoms with Crippen molar-refractivity contribution in [2.24, 2.45) is 23.7 Å². The smallest absolute Gasteiger partial charge is 0.243 e. The second-order valence-corrected chi connectivity index (χ2v) is 8.87. The second-order valence-electron chi connectivity index (χ2n) is 8.87. The molecule has 1 aliphatic carbocycles. The number of hydrogen-bond acceptors (Lipinski definition) is 4. The van der Waals surface area contributed by atoms with Gasteiger partial charge in [0.25, 0.3) is 0 Å². The van der Waals surface area contributed by atoms with E-state index in [0.29, 0.717) is 6.42 Å². The minimum absolute atomic E-state index is 0.0913. The maximum absolute atomic E-state index is 13.7. The molecule has 0 spiro atoms. The molecule has 0 saturated carbocycles. The van der Waals surface area contributed by atoms with Crippen LogP contribution in [0.25, 0.3) is 0 Å². The van der Waals surface area contributed by atoms with Crippen LogP contribution in [-0.4, -0.2) is 59.5 Å². The summed E-state index contributed by atoms with van der Waals surface area (Å²) in [6.07, 6.45) is 4.27. The van der Waals surface area contributed by atoms with Gasteiger partial charge in [-0.2, -0.15) is 0 Å². The maximum atomic E-state index is 13.7. The van der Waals surface area contributed by atoms with Gasteiger partial charge in [0.15, 0.2) is 0 Å². The van der Waals surface area contributed by atoms with Crippen molar-refractivity contribution in [2.45, 2.75) is 45.3 Å². The highest BCUT2D eigenvalue weighted by molar-refractivity contribution is 5.97. The summed E-state index contributed by atoms with van der Waals surface area (Å²) in [5, 5.41) is 15.8. The molecule has 168 valence electrons. The number of fused-ring (bicyclic) bond motifs is 1. The summed E-state index contributed by atoms with van der Waals surface area (Å²) in [5.74, 6) is -2.43. The molecule has 3 N–H and O–H groups in total. The van der Waals surface area contributed by atoms with Gasteiger partial charge in [0, 0.05) is 19.0 Å². The van der Waals surface area contributed by atoms with Crippen LogP contribution in [0.1, 0.15) is 26.3 Å². The monoisotopic (exact) mass is 427 g/mol. The highest BCUT2D eigenvalue weighted by Crippen LogP contribution is 2.44. The van der Waals surface area contributed by atoms with Crippen LogP contribution >= 0.6 is 0 Å². The molecule has 1 aromatic carbocycles. The number of allylic oxidation sites excluding steroid dienone is 1. The minimum Gasteiger partial charge on any atom is -0.394 e. The fourth-order valence-electron chi connectivity index (χ4n) is 5.01. The Morgan fingerprint density at radius 1 is 1.13 bits per heavy atom. The molecule has 3 amide bonds. The first-order chi connectivity index (χ1) is 14.8. The van der Waals surface area contributed by atoms with E-state index in [9.17, 15) is 19.5 Å². The van der Waals surface area contributed by atoms with Gasteiger partial charge in [-0.1, -0.05) is 49.4 Å². The number of benzene rings is 1. The lowest BCUT2D eigenvalue weighted by molar-refractivity contribution is -0.143. The molecule has 1 aliphatic heterocycles. The van der Waals surface area contributed by atoms with Gasteiger partial charge in [-0.25, -0.2) is 0 Å². The fourth-order valence-corrected chi connectivity index (χ4v) is 5.01. The highest BCUT2D eigenvalue weighted by Gasteiger charge is 2.57. The minimum atomic E-state index is -0.767. The number of carbonyl (C=O) groups excluding carboxylic acids is 3. The third kappa shape index (κ3) is 4.51. The molecule has 0 aromatic heterocycles. The Labute approximate surface area is 183 Å². The van der Waals surface area contributed by atoms with Gasteiger partial charge in [-0.15, -0.1) is 0 Å². The summed E-state index contributed by atoms with van der Waals surface area (Å²) in [7, 11) is 1.56. The molecule has 2 aliphatic rings. The van der Waals surface area contributed by atoms with E-state index < -0.39 is 29.8 Å². The number of aliphatic hydroxyl groups is 1. The summed E-state index contributed by atoms with van der Waals surface area (Å²) >= 11 is 0. The van der Waals surface area contributed by atoms with Crippen molar-refractivity contribution >= 4 is 17.7 Å². The standard InChI is InChI=1S/C24H33N3O4/c1-14(2)26-23(30)21-18-11-10-15(3)19(22(29)25-4)20(18)24(31)27(21)17(13-28)12-16-8-6-5-7-9-16/h5-11,14-15,17-21,28H,12-13H2,1-4H3,(H,25,29)(H,26,30)/t15-,17-,18+,19-,20+,21+/m1/s1. The topological polar surface area (TPSA) is 98.7 Å². The van der Waals surface area contributed by atoms with Crippen molar-refractivity contribution in [2.75, 3.05) is 13.7 Å². The van der Waals surface area contributed by atoms with Gasteiger partial charge in [0.2, 0.25) is 17.7 Å². The lowest BCUT2D eigenvalue weighted by Gasteiger charge is -2.34. The number of likely N-dealkylation sites (tertiary alicyclic amines) is 1. The molecular weight excluding hydrogens is 394 g/mol. The third-order valence-corrected chi connectivity index (χ3v) is 6.38.